The number of aromatic nitrogens is 2. The van der Waals surface area contributed by atoms with Crippen LogP contribution in [0.5, 0.6) is 17.2 Å². The van der Waals surface area contributed by atoms with Crippen LogP contribution >= 0.6 is 0 Å². The number of rotatable bonds is 6. The maximum atomic E-state index is 12.1. The fourth-order valence-corrected chi connectivity index (χ4v) is 2.56. The predicted octanol–water partition coefficient (Wildman–Crippen LogP) is 0.0229. The summed E-state index contributed by atoms with van der Waals surface area (Å²) >= 11 is 0. The highest BCUT2D eigenvalue weighted by molar-refractivity contribution is 5.76. The van der Waals surface area contributed by atoms with Gasteiger partial charge in [-0.15, -0.1) is 0 Å². The van der Waals surface area contributed by atoms with Crippen LogP contribution in [0.4, 0.5) is 0 Å². The first-order valence-corrected chi connectivity index (χ1v) is 8.10. The molecule has 1 aromatic heterocycles. The summed E-state index contributed by atoms with van der Waals surface area (Å²) in [6.45, 7) is 1.37. The average Bonchev–Trinajstić information content (AvgIpc) is 2.64. The fourth-order valence-electron chi connectivity index (χ4n) is 2.56. The molecule has 0 unspecified atom stereocenters. The Labute approximate surface area is 148 Å². The molecule has 0 spiro atoms. The molecular formula is C17H19N3O6. The summed E-state index contributed by atoms with van der Waals surface area (Å²) in [5, 5.41) is 2.78. The Bertz CT molecular complexity index is 917. The molecule has 0 atom stereocenters. The molecular weight excluding hydrogens is 342 g/mol. The minimum absolute atomic E-state index is 0.0960. The van der Waals surface area contributed by atoms with Crippen molar-refractivity contribution in [3.8, 4) is 17.2 Å². The Morgan fingerprint density at radius 1 is 1.27 bits per heavy atom. The number of hydrogen-bond acceptors (Lipinski definition) is 6. The van der Waals surface area contributed by atoms with E-state index in [1.807, 2.05) is 0 Å². The number of carbonyl (C=O) groups is 1. The van der Waals surface area contributed by atoms with Gasteiger partial charge < -0.3 is 24.1 Å². The van der Waals surface area contributed by atoms with E-state index in [2.05, 4.69) is 10.3 Å². The molecule has 2 heterocycles. The molecule has 26 heavy (non-hydrogen) atoms. The van der Waals surface area contributed by atoms with Crippen molar-refractivity contribution < 1.29 is 19.0 Å². The van der Waals surface area contributed by atoms with E-state index in [4.69, 9.17) is 14.2 Å². The quantitative estimate of drug-likeness (QED) is 0.750. The van der Waals surface area contributed by atoms with Gasteiger partial charge in [0.25, 0.3) is 5.56 Å². The minimum atomic E-state index is -0.543. The standard InChI is InChI=1S/C17H19N3O6/c1-24-12-9-14-13(25-6-7-26-14)8-11(12)10-18-15(21)2-4-20-5-3-16(22)19-17(20)23/h3,5,8-9H,2,4,6-7,10H2,1H3,(H,18,21)(H,19,22,23). The van der Waals surface area contributed by atoms with Gasteiger partial charge >= 0.3 is 5.69 Å². The van der Waals surface area contributed by atoms with Crippen molar-refractivity contribution in [2.45, 2.75) is 19.5 Å². The third kappa shape index (κ3) is 4.05. The van der Waals surface area contributed by atoms with E-state index in [9.17, 15) is 14.4 Å². The topological polar surface area (TPSA) is 112 Å². The smallest absolute Gasteiger partial charge is 0.328 e. The number of fused-ring (bicyclic) bond motifs is 1. The van der Waals surface area contributed by atoms with Crippen LogP contribution in [0.2, 0.25) is 0 Å². The van der Waals surface area contributed by atoms with Crippen molar-refractivity contribution >= 4 is 5.91 Å². The van der Waals surface area contributed by atoms with Crippen LogP contribution in [0, 0.1) is 0 Å². The molecule has 9 heteroatoms. The van der Waals surface area contributed by atoms with Crippen molar-refractivity contribution in [3.05, 3.63) is 50.8 Å². The molecule has 138 valence electrons. The first kappa shape index (κ1) is 17.6. The van der Waals surface area contributed by atoms with Crippen LogP contribution in [0.25, 0.3) is 0 Å². The van der Waals surface area contributed by atoms with Gasteiger partial charge in [-0.05, 0) is 6.07 Å². The summed E-state index contributed by atoms with van der Waals surface area (Å²) in [6.07, 6.45) is 1.46. The summed E-state index contributed by atoms with van der Waals surface area (Å²) in [5.74, 6) is 1.58. The number of benzene rings is 1. The number of aryl methyl sites for hydroxylation is 1. The van der Waals surface area contributed by atoms with Crippen molar-refractivity contribution in [1.29, 1.82) is 0 Å². The minimum Gasteiger partial charge on any atom is -0.496 e. The van der Waals surface area contributed by atoms with Crippen molar-refractivity contribution in [2.75, 3.05) is 20.3 Å². The lowest BCUT2D eigenvalue weighted by atomic mass is 10.1. The van der Waals surface area contributed by atoms with E-state index >= 15 is 0 Å². The van der Waals surface area contributed by atoms with Crippen molar-refractivity contribution in [3.63, 3.8) is 0 Å². The van der Waals surface area contributed by atoms with Gasteiger partial charge in [-0.2, -0.15) is 0 Å². The lowest BCUT2D eigenvalue weighted by Crippen LogP contribution is -2.31. The molecule has 1 aromatic carbocycles. The molecule has 0 fully saturated rings. The summed E-state index contributed by atoms with van der Waals surface area (Å²) in [6, 6.07) is 4.75. The molecule has 0 saturated heterocycles. The Kier molecular flexibility index (Phi) is 5.26. The number of ether oxygens (including phenoxy) is 3. The summed E-state index contributed by atoms with van der Waals surface area (Å²) < 4.78 is 17.6. The maximum Gasteiger partial charge on any atom is 0.328 e. The second-order valence-corrected chi connectivity index (χ2v) is 5.64. The lowest BCUT2D eigenvalue weighted by molar-refractivity contribution is -0.121. The Hall–Kier alpha value is -3.23. The van der Waals surface area contributed by atoms with E-state index < -0.39 is 11.2 Å². The molecule has 2 N–H and O–H groups in total. The van der Waals surface area contributed by atoms with Gasteiger partial charge in [-0.3, -0.25) is 14.6 Å². The van der Waals surface area contributed by atoms with Crippen LogP contribution in [0.3, 0.4) is 0 Å². The third-order valence-electron chi connectivity index (χ3n) is 3.90. The number of nitrogens with one attached hydrogen (secondary N) is 2. The van der Waals surface area contributed by atoms with E-state index in [0.717, 1.165) is 5.56 Å². The number of methoxy groups -OCH3 is 1. The van der Waals surface area contributed by atoms with E-state index in [-0.39, 0.29) is 25.4 Å². The molecule has 0 bridgehead atoms. The molecule has 2 aromatic rings. The number of amides is 1. The number of H-pyrrole nitrogens is 1. The van der Waals surface area contributed by atoms with E-state index in [1.165, 1.54) is 16.8 Å². The fraction of sp³-hybridized carbons (Fsp3) is 0.353. The van der Waals surface area contributed by atoms with Crippen LogP contribution in [0.1, 0.15) is 12.0 Å². The molecule has 1 aliphatic heterocycles. The van der Waals surface area contributed by atoms with E-state index in [1.54, 1.807) is 19.2 Å². The molecule has 0 saturated carbocycles. The first-order valence-electron chi connectivity index (χ1n) is 8.10. The molecule has 3 rings (SSSR count). The van der Waals surface area contributed by atoms with Crippen molar-refractivity contribution in [2.24, 2.45) is 0 Å². The summed E-state index contributed by atoms with van der Waals surface area (Å²) in [5.41, 5.74) is -0.258. The first-order chi connectivity index (χ1) is 12.6. The monoisotopic (exact) mass is 361 g/mol. The number of aromatic amines is 1. The van der Waals surface area contributed by atoms with E-state index in [0.29, 0.717) is 30.5 Å². The zero-order valence-corrected chi connectivity index (χ0v) is 14.2. The van der Waals surface area contributed by atoms with Crippen molar-refractivity contribution in [1.82, 2.24) is 14.9 Å². The summed E-state index contributed by atoms with van der Waals surface area (Å²) in [7, 11) is 1.54. The van der Waals surface area contributed by atoms with Crippen LogP contribution in [-0.4, -0.2) is 35.8 Å². The number of hydrogen-bond donors (Lipinski definition) is 2. The third-order valence-corrected chi connectivity index (χ3v) is 3.90. The number of nitrogens with zero attached hydrogens (tertiary/aromatic N) is 1. The zero-order chi connectivity index (χ0) is 18.5. The predicted molar refractivity (Wildman–Crippen MR) is 91.8 cm³/mol. The van der Waals surface area contributed by atoms with Crippen LogP contribution in [-0.2, 0) is 17.9 Å². The molecule has 0 radical (unpaired) electrons. The van der Waals surface area contributed by atoms with Gasteiger partial charge in [-0.25, -0.2) is 4.79 Å². The Morgan fingerprint density at radius 2 is 2.00 bits per heavy atom. The molecule has 9 nitrogen and oxygen atoms in total. The van der Waals surface area contributed by atoms with Gasteiger partial charge in [-0.1, -0.05) is 0 Å². The maximum absolute atomic E-state index is 12.1. The van der Waals surface area contributed by atoms with Gasteiger partial charge in [0, 0.05) is 43.4 Å². The average molecular weight is 361 g/mol. The van der Waals surface area contributed by atoms with Crippen LogP contribution < -0.4 is 30.8 Å². The normalized spacial score (nSPS) is 12.5. The van der Waals surface area contributed by atoms with Gasteiger partial charge in [0.15, 0.2) is 11.5 Å². The second kappa shape index (κ2) is 7.77. The Morgan fingerprint density at radius 3 is 2.69 bits per heavy atom. The highest BCUT2D eigenvalue weighted by atomic mass is 16.6. The SMILES string of the molecule is COc1cc2c(cc1CNC(=O)CCn1ccc(=O)[nH]c1=O)OCCO2. The van der Waals surface area contributed by atoms with Gasteiger partial charge in [0.2, 0.25) is 5.91 Å². The molecule has 1 aliphatic rings. The largest absolute Gasteiger partial charge is 0.496 e. The summed E-state index contributed by atoms with van der Waals surface area (Å²) in [4.78, 5) is 36.8. The highest BCUT2D eigenvalue weighted by Crippen LogP contribution is 2.36. The van der Waals surface area contributed by atoms with Gasteiger partial charge in [0.05, 0.1) is 7.11 Å². The lowest BCUT2D eigenvalue weighted by Gasteiger charge is -2.20. The number of carbonyl (C=O) groups excluding carboxylic acids is 1. The van der Waals surface area contributed by atoms with Crippen LogP contribution in [0.15, 0.2) is 34.0 Å². The molecule has 1 amide bonds. The second-order valence-electron chi connectivity index (χ2n) is 5.64. The van der Waals surface area contributed by atoms with Gasteiger partial charge in [0.1, 0.15) is 19.0 Å². The zero-order valence-electron chi connectivity index (χ0n) is 14.2. The molecule has 0 aliphatic carbocycles. The Balaban J connectivity index is 1.60. The highest BCUT2D eigenvalue weighted by Gasteiger charge is 2.16.